The Hall–Kier alpha value is -3.43. The number of hydrogen-bond acceptors (Lipinski definition) is 8. The molecule has 0 bridgehead atoms. The minimum atomic E-state index is 0.444. The summed E-state index contributed by atoms with van der Waals surface area (Å²) in [6.45, 7) is 5.89. The summed E-state index contributed by atoms with van der Waals surface area (Å²) in [6, 6.07) is 7.61. The van der Waals surface area contributed by atoms with Gasteiger partial charge in [-0.25, -0.2) is 15.0 Å². The normalized spacial score (nSPS) is 14.7. The van der Waals surface area contributed by atoms with Crippen LogP contribution in [0.15, 0.2) is 43.0 Å². The van der Waals surface area contributed by atoms with Crippen LogP contribution in [0, 0.1) is 0 Å². The van der Waals surface area contributed by atoms with Crippen LogP contribution in [0.2, 0.25) is 0 Å². The number of aromatic amines is 1. The quantitative estimate of drug-likeness (QED) is 0.409. The molecule has 0 unspecified atom stereocenters. The van der Waals surface area contributed by atoms with E-state index in [0.29, 0.717) is 29.7 Å². The van der Waals surface area contributed by atoms with Crippen molar-refractivity contribution < 1.29 is 14.2 Å². The van der Waals surface area contributed by atoms with Crippen molar-refractivity contribution in [1.29, 1.82) is 0 Å². The van der Waals surface area contributed by atoms with E-state index in [0.717, 1.165) is 61.1 Å². The third-order valence-electron chi connectivity index (χ3n) is 5.56. The van der Waals surface area contributed by atoms with E-state index in [2.05, 4.69) is 30.2 Å². The summed E-state index contributed by atoms with van der Waals surface area (Å²) in [5, 5.41) is 5.09. The molecule has 1 saturated heterocycles. The minimum absolute atomic E-state index is 0.444. The van der Waals surface area contributed by atoms with Crippen LogP contribution in [0.3, 0.4) is 0 Å². The highest BCUT2D eigenvalue weighted by Gasteiger charge is 2.14. The van der Waals surface area contributed by atoms with E-state index in [9.17, 15) is 0 Å². The zero-order chi connectivity index (χ0) is 21.8. The van der Waals surface area contributed by atoms with Gasteiger partial charge >= 0.3 is 0 Å². The molecular formula is C23H26N6O3. The molecule has 4 aromatic rings. The van der Waals surface area contributed by atoms with Gasteiger partial charge in [-0.1, -0.05) is 0 Å². The van der Waals surface area contributed by atoms with Gasteiger partial charge in [0.15, 0.2) is 11.5 Å². The molecule has 2 N–H and O–H groups in total. The maximum absolute atomic E-state index is 6.08. The summed E-state index contributed by atoms with van der Waals surface area (Å²) >= 11 is 0. The SMILES string of the molecule is COc1cc2ncnc(Oc3cnc4[nH]ccc4c3)c2cc1OCCCN1CCNCC1. The molecule has 1 aliphatic heterocycles. The lowest BCUT2D eigenvalue weighted by atomic mass is 10.2. The van der Waals surface area contributed by atoms with Crippen molar-refractivity contribution in [1.82, 2.24) is 30.2 Å². The summed E-state index contributed by atoms with van der Waals surface area (Å²) in [4.78, 5) is 18.6. The van der Waals surface area contributed by atoms with Gasteiger partial charge in [0.05, 0.1) is 30.8 Å². The van der Waals surface area contributed by atoms with Gasteiger partial charge in [0.2, 0.25) is 5.88 Å². The third kappa shape index (κ3) is 4.44. The molecule has 4 heterocycles. The molecular weight excluding hydrogens is 408 g/mol. The van der Waals surface area contributed by atoms with Crippen molar-refractivity contribution in [2.75, 3.05) is 46.4 Å². The van der Waals surface area contributed by atoms with Crippen molar-refractivity contribution in [2.45, 2.75) is 6.42 Å². The molecule has 1 aliphatic rings. The van der Waals surface area contributed by atoms with Crippen molar-refractivity contribution in [3.05, 3.63) is 43.0 Å². The molecule has 166 valence electrons. The van der Waals surface area contributed by atoms with Gasteiger partial charge < -0.3 is 29.4 Å². The standard InChI is InChI=1S/C23H26N6O3/c1-30-20-13-19-18(12-21(20)31-10-2-7-29-8-5-24-6-9-29)23(28-15-27-19)32-17-11-16-3-4-25-22(16)26-14-17/h3-4,11-15,24H,2,5-10H2,1H3,(H,25,26). The fourth-order valence-electron chi connectivity index (χ4n) is 3.89. The van der Waals surface area contributed by atoms with Crippen molar-refractivity contribution in [3.8, 4) is 23.1 Å². The Labute approximate surface area is 185 Å². The monoisotopic (exact) mass is 434 g/mol. The number of benzene rings is 1. The van der Waals surface area contributed by atoms with Crippen LogP contribution < -0.4 is 19.5 Å². The Balaban J connectivity index is 1.34. The van der Waals surface area contributed by atoms with Crippen LogP contribution in [-0.4, -0.2) is 71.3 Å². The molecule has 3 aromatic heterocycles. The number of fused-ring (bicyclic) bond motifs is 2. The molecule has 0 amide bonds. The van der Waals surface area contributed by atoms with Gasteiger partial charge in [-0.05, 0) is 24.6 Å². The number of H-pyrrole nitrogens is 1. The Kier molecular flexibility index (Phi) is 6.00. The molecule has 0 radical (unpaired) electrons. The fraction of sp³-hybridized carbons (Fsp3) is 0.348. The predicted molar refractivity (Wildman–Crippen MR) is 122 cm³/mol. The van der Waals surface area contributed by atoms with E-state index in [1.165, 1.54) is 6.33 Å². The highest BCUT2D eigenvalue weighted by Crippen LogP contribution is 2.36. The van der Waals surface area contributed by atoms with Crippen LogP contribution in [0.25, 0.3) is 21.9 Å². The van der Waals surface area contributed by atoms with E-state index >= 15 is 0 Å². The van der Waals surface area contributed by atoms with E-state index in [4.69, 9.17) is 14.2 Å². The lowest BCUT2D eigenvalue weighted by Crippen LogP contribution is -2.43. The molecule has 0 saturated carbocycles. The number of ether oxygens (including phenoxy) is 3. The lowest BCUT2D eigenvalue weighted by molar-refractivity contribution is 0.211. The van der Waals surface area contributed by atoms with E-state index in [1.54, 1.807) is 13.3 Å². The minimum Gasteiger partial charge on any atom is -0.493 e. The largest absolute Gasteiger partial charge is 0.493 e. The van der Waals surface area contributed by atoms with Crippen LogP contribution >= 0.6 is 0 Å². The van der Waals surface area contributed by atoms with Crippen LogP contribution in [0.5, 0.6) is 23.1 Å². The fourth-order valence-corrected chi connectivity index (χ4v) is 3.89. The number of hydrogen-bond donors (Lipinski definition) is 2. The van der Waals surface area contributed by atoms with E-state index in [1.807, 2.05) is 30.5 Å². The number of nitrogens with zero attached hydrogens (tertiary/aromatic N) is 4. The van der Waals surface area contributed by atoms with Crippen LogP contribution in [0.4, 0.5) is 0 Å². The Morgan fingerprint density at radius 1 is 1.06 bits per heavy atom. The van der Waals surface area contributed by atoms with Gasteiger partial charge in [-0.3, -0.25) is 0 Å². The van der Waals surface area contributed by atoms with Crippen molar-refractivity contribution in [3.63, 3.8) is 0 Å². The smallest absolute Gasteiger partial charge is 0.230 e. The van der Waals surface area contributed by atoms with Gasteiger partial charge in [0, 0.05) is 50.4 Å². The summed E-state index contributed by atoms with van der Waals surface area (Å²) < 4.78 is 17.7. The zero-order valence-corrected chi connectivity index (χ0v) is 18.0. The second-order valence-electron chi connectivity index (χ2n) is 7.68. The van der Waals surface area contributed by atoms with Crippen LogP contribution in [-0.2, 0) is 0 Å². The Bertz CT molecular complexity index is 1210. The van der Waals surface area contributed by atoms with Crippen LogP contribution in [0.1, 0.15) is 6.42 Å². The average Bonchev–Trinajstić information content (AvgIpc) is 3.30. The highest BCUT2D eigenvalue weighted by molar-refractivity contribution is 5.87. The van der Waals surface area contributed by atoms with Crippen molar-refractivity contribution >= 4 is 21.9 Å². The lowest BCUT2D eigenvalue weighted by Gasteiger charge is -2.27. The molecule has 5 rings (SSSR count). The molecule has 32 heavy (non-hydrogen) atoms. The Morgan fingerprint density at radius 3 is 2.84 bits per heavy atom. The van der Waals surface area contributed by atoms with Gasteiger partial charge in [0.25, 0.3) is 0 Å². The first-order chi connectivity index (χ1) is 15.8. The van der Waals surface area contributed by atoms with E-state index in [-0.39, 0.29) is 0 Å². The molecule has 1 fully saturated rings. The molecule has 0 atom stereocenters. The van der Waals surface area contributed by atoms with Gasteiger partial charge in [0.1, 0.15) is 17.7 Å². The number of aromatic nitrogens is 4. The van der Waals surface area contributed by atoms with Gasteiger partial charge in [-0.15, -0.1) is 0 Å². The average molecular weight is 435 g/mol. The van der Waals surface area contributed by atoms with E-state index < -0.39 is 0 Å². The summed E-state index contributed by atoms with van der Waals surface area (Å²) in [5.74, 6) is 2.34. The first-order valence-corrected chi connectivity index (χ1v) is 10.8. The summed E-state index contributed by atoms with van der Waals surface area (Å²) in [7, 11) is 1.63. The Morgan fingerprint density at radius 2 is 1.97 bits per heavy atom. The van der Waals surface area contributed by atoms with Crippen molar-refractivity contribution in [2.24, 2.45) is 0 Å². The predicted octanol–water partition coefficient (Wildman–Crippen LogP) is 2.98. The molecule has 0 spiro atoms. The number of methoxy groups -OCH3 is 1. The first kappa shape index (κ1) is 20.5. The summed E-state index contributed by atoms with van der Waals surface area (Å²) in [6.07, 6.45) is 5.94. The topological polar surface area (TPSA) is 97.4 Å². The zero-order valence-electron chi connectivity index (χ0n) is 18.0. The second kappa shape index (κ2) is 9.37. The molecule has 9 heteroatoms. The number of piperazine rings is 1. The maximum atomic E-state index is 6.08. The van der Waals surface area contributed by atoms with Gasteiger partial charge in [-0.2, -0.15) is 0 Å². The maximum Gasteiger partial charge on any atom is 0.230 e. The molecule has 1 aromatic carbocycles. The highest BCUT2D eigenvalue weighted by atomic mass is 16.5. The first-order valence-electron chi connectivity index (χ1n) is 10.8. The second-order valence-corrected chi connectivity index (χ2v) is 7.68. The number of rotatable bonds is 8. The number of pyridine rings is 1. The number of nitrogens with one attached hydrogen (secondary N) is 2. The third-order valence-corrected chi connectivity index (χ3v) is 5.56. The molecule has 0 aliphatic carbocycles. The summed E-state index contributed by atoms with van der Waals surface area (Å²) in [5.41, 5.74) is 1.53. The molecule has 9 nitrogen and oxygen atoms in total.